The largest absolute Gasteiger partial charge is 0.365 e. The highest BCUT2D eigenvalue weighted by Crippen LogP contribution is 2.38. The van der Waals surface area contributed by atoms with Crippen molar-refractivity contribution in [1.29, 1.82) is 0 Å². The maximum atomic E-state index is 6.20. The number of hydrogen-bond acceptors (Lipinski definition) is 2. The molecule has 1 fully saturated rings. The summed E-state index contributed by atoms with van der Waals surface area (Å²) in [5, 5.41) is 0. The molecule has 0 spiro atoms. The van der Waals surface area contributed by atoms with Crippen molar-refractivity contribution in [2.75, 3.05) is 11.4 Å². The second-order valence-corrected chi connectivity index (χ2v) is 7.49. The highest BCUT2D eigenvalue weighted by molar-refractivity contribution is 5.58. The van der Waals surface area contributed by atoms with Gasteiger partial charge in [0.25, 0.3) is 0 Å². The van der Waals surface area contributed by atoms with Crippen LogP contribution < -0.4 is 10.6 Å². The molecule has 0 saturated carbocycles. The average molecular weight is 260 g/mol. The van der Waals surface area contributed by atoms with Gasteiger partial charge in [0.15, 0.2) is 0 Å². The maximum Gasteiger partial charge on any atom is 0.0409 e. The zero-order chi connectivity index (χ0) is 14.3. The first-order valence-corrected chi connectivity index (χ1v) is 7.34. The highest BCUT2D eigenvalue weighted by Gasteiger charge is 2.35. The van der Waals surface area contributed by atoms with Gasteiger partial charge in [0.1, 0.15) is 0 Å². The van der Waals surface area contributed by atoms with Crippen molar-refractivity contribution < 1.29 is 0 Å². The molecule has 1 unspecified atom stereocenters. The summed E-state index contributed by atoms with van der Waals surface area (Å²) in [6, 6.07) is 9.08. The van der Waals surface area contributed by atoms with Crippen molar-refractivity contribution in [2.45, 2.75) is 64.5 Å². The number of hydrogen-bond donors (Lipinski definition) is 1. The average Bonchev–Trinajstić information content (AvgIpc) is 2.31. The molecule has 2 heteroatoms. The van der Waals surface area contributed by atoms with Gasteiger partial charge in [-0.05, 0) is 43.7 Å². The van der Waals surface area contributed by atoms with Gasteiger partial charge in [-0.25, -0.2) is 0 Å². The summed E-state index contributed by atoms with van der Waals surface area (Å²) in [7, 11) is 0. The molecule has 0 amide bonds. The van der Waals surface area contributed by atoms with Crippen LogP contribution in [0.5, 0.6) is 0 Å². The summed E-state index contributed by atoms with van der Waals surface area (Å²) in [4.78, 5) is 2.52. The Labute approximate surface area is 118 Å². The monoisotopic (exact) mass is 260 g/mol. The van der Waals surface area contributed by atoms with Gasteiger partial charge >= 0.3 is 0 Å². The van der Waals surface area contributed by atoms with E-state index in [-0.39, 0.29) is 11.0 Å². The summed E-state index contributed by atoms with van der Waals surface area (Å²) in [5.74, 6) is 0. The Morgan fingerprint density at radius 3 is 2.47 bits per heavy atom. The lowest BCUT2D eigenvalue weighted by atomic mass is 9.82. The molecular weight excluding hydrogens is 232 g/mol. The number of benzene rings is 1. The van der Waals surface area contributed by atoms with Crippen LogP contribution >= 0.6 is 0 Å². The molecule has 2 rings (SSSR count). The first-order valence-electron chi connectivity index (χ1n) is 7.34. The molecule has 0 aliphatic carbocycles. The van der Waals surface area contributed by atoms with Gasteiger partial charge in [0.2, 0.25) is 0 Å². The lowest BCUT2D eigenvalue weighted by Gasteiger charge is -2.48. The third kappa shape index (κ3) is 2.94. The fourth-order valence-electron chi connectivity index (χ4n) is 3.01. The minimum absolute atomic E-state index is 0.161. The van der Waals surface area contributed by atoms with Crippen LogP contribution in [0.2, 0.25) is 0 Å². The van der Waals surface area contributed by atoms with E-state index in [0.29, 0.717) is 6.04 Å². The molecule has 19 heavy (non-hydrogen) atoms. The summed E-state index contributed by atoms with van der Waals surface area (Å²) in [6.07, 6.45) is 2.29. The molecule has 1 aliphatic heterocycles. The fraction of sp³-hybridized carbons (Fsp3) is 0.647. The van der Waals surface area contributed by atoms with Crippen LogP contribution in [0.3, 0.4) is 0 Å². The Hall–Kier alpha value is -1.02. The molecule has 106 valence electrons. The summed E-state index contributed by atoms with van der Waals surface area (Å²) < 4.78 is 0. The predicted molar refractivity (Wildman–Crippen MR) is 83.8 cm³/mol. The van der Waals surface area contributed by atoms with Gasteiger partial charge in [-0.3, -0.25) is 0 Å². The molecule has 2 N–H and O–H groups in total. The number of nitrogens with two attached hydrogens (primary N) is 1. The second-order valence-electron chi connectivity index (χ2n) is 7.49. The van der Waals surface area contributed by atoms with E-state index in [4.69, 9.17) is 5.73 Å². The van der Waals surface area contributed by atoms with Gasteiger partial charge in [-0.1, -0.05) is 39.0 Å². The summed E-state index contributed by atoms with van der Waals surface area (Å²) >= 11 is 0. The van der Waals surface area contributed by atoms with Crippen LogP contribution in [0.4, 0.5) is 5.69 Å². The number of rotatable bonds is 1. The van der Waals surface area contributed by atoms with E-state index < -0.39 is 0 Å². The molecular formula is C17H28N2. The summed E-state index contributed by atoms with van der Waals surface area (Å²) in [5.41, 5.74) is 9.32. The number of anilines is 1. The van der Waals surface area contributed by atoms with E-state index in [2.05, 4.69) is 63.8 Å². The van der Waals surface area contributed by atoms with Crippen LogP contribution in [0.1, 0.15) is 53.0 Å². The first-order chi connectivity index (χ1) is 8.72. The SMILES string of the molecule is CC(C)(C)c1ccccc1N1CC(N)CCC1(C)C. The van der Waals surface area contributed by atoms with E-state index >= 15 is 0 Å². The van der Waals surface area contributed by atoms with Crippen LogP contribution in [0, 0.1) is 0 Å². The molecule has 1 saturated heterocycles. The molecule has 1 aromatic carbocycles. The molecule has 1 heterocycles. The zero-order valence-corrected chi connectivity index (χ0v) is 13.0. The van der Waals surface area contributed by atoms with Crippen LogP contribution in [-0.4, -0.2) is 18.1 Å². The van der Waals surface area contributed by atoms with Crippen molar-refractivity contribution in [1.82, 2.24) is 0 Å². The van der Waals surface area contributed by atoms with Crippen molar-refractivity contribution in [3.63, 3.8) is 0 Å². The second kappa shape index (κ2) is 4.82. The quantitative estimate of drug-likeness (QED) is 0.834. The van der Waals surface area contributed by atoms with Crippen LogP contribution in [0.25, 0.3) is 0 Å². The number of nitrogens with zero attached hydrogens (tertiary/aromatic N) is 1. The minimum atomic E-state index is 0.161. The fourth-order valence-corrected chi connectivity index (χ4v) is 3.01. The predicted octanol–water partition coefficient (Wildman–Crippen LogP) is 3.69. The maximum absolute atomic E-state index is 6.20. The van der Waals surface area contributed by atoms with Gasteiger partial charge in [-0.2, -0.15) is 0 Å². The van der Waals surface area contributed by atoms with E-state index in [0.717, 1.165) is 19.4 Å². The van der Waals surface area contributed by atoms with Gasteiger partial charge < -0.3 is 10.6 Å². The lowest BCUT2D eigenvalue weighted by Crippen LogP contribution is -2.55. The van der Waals surface area contributed by atoms with E-state index in [1.807, 2.05) is 0 Å². The Morgan fingerprint density at radius 2 is 1.84 bits per heavy atom. The van der Waals surface area contributed by atoms with Crippen LogP contribution in [-0.2, 0) is 5.41 Å². The number of para-hydroxylation sites is 1. The molecule has 0 radical (unpaired) electrons. The molecule has 0 bridgehead atoms. The summed E-state index contributed by atoms with van der Waals surface area (Å²) in [6.45, 7) is 12.5. The standard InChI is InChI=1S/C17H28N2/c1-16(2,3)14-8-6-7-9-15(14)19-12-13(18)10-11-17(19,4)5/h6-9,13H,10-12,18H2,1-5H3. The Bertz CT molecular complexity index is 443. The van der Waals surface area contributed by atoms with Crippen LogP contribution in [0.15, 0.2) is 24.3 Å². The topological polar surface area (TPSA) is 29.3 Å². The first kappa shape index (κ1) is 14.4. The van der Waals surface area contributed by atoms with E-state index in [1.165, 1.54) is 11.3 Å². The van der Waals surface area contributed by atoms with Gasteiger partial charge in [-0.15, -0.1) is 0 Å². The molecule has 2 nitrogen and oxygen atoms in total. The Morgan fingerprint density at radius 1 is 1.21 bits per heavy atom. The molecule has 0 aromatic heterocycles. The lowest BCUT2D eigenvalue weighted by molar-refractivity contribution is 0.333. The Balaban J connectivity index is 2.45. The third-order valence-electron chi connectivity index (χ3n) is 4.28. The molecule has 1 atom stereocenters. The molecule has 1 aromatic rings. The van der Waals surface area contributed by atoms with Crippen molar-refractivity contribution >= 4 is 5.69 Å². The highest BCUT2D eigenvalue weighted by atomic mass is 15.2. The number of piperidine rings is 1. The van der Waals surface area contributed by atoms with Gasteiger partial charge in [0.05, 0.1) is 0 Å². The third-order valence-corrected chi connectivity index (χ3v) is 4.28. The zero-order valence-electron chi connectivity index (χ0n) is 13.0. The molecule has 1 aliphatic rings. The normalized spacial score (nSPS) is 23.5. The Kier molecular flexibility index (Phi) is 3.65. The van der Waals surface area contributed by atoms with Gasteiger partial charge in [0, 0.05) is 23.8 Å². The van der Waals surface area contributed by atoms with Crippen molar-refractivity contribution in [2.24, 2.45) is 5.73 Å². The van der Waals surface area contributed by atoms with Crippen molar-refractivity contribution in [3.05, 3.63) is 29.8 Å². The van der Waals surface area contributed by atoms with Crippen molar-refractivity contribution in [3.8, 4) is 0 Å². The minimum Gasteiger partial charge on any atom is -0.365 e. The van der Waals surface area contributed by atoms with E-state index in [1.54, 1.807) is 0 Å². The van der Waals surface area contributed by atoms with E-state index in [9.17, 15) is 0 Å². The smallest absolute Gasteiger partial charge is 0.0409 e.